The number of rotatable bonds is 2. The van der Waals surface area contributed by atoms with E-state index in [9.17, 15) is 4.79 Å². The average molecular weight is 289 g/mol. The van der Waals surface area contributed by atoms with Crippen molar-refractivity contribution in [2.24, 2.45) is 0 Å². The highest BCUT2D eigenvalue weighted by molar-refractivity contribution is 7.11. The molecule has 0 saturated carbocycles. The molecule has 20 heavy (non-hydrogen) atoms. The lowest BCUT2D eigenvalue weighted by atomic mass is 10.2. The third-order valence-electron chi connectivity index (χ3n) is 3.29. The number of thiazole rings is 1. The molecule has 2 aromatic rings. The minimum atomic E-state index is -0.0754. The molecule has 2 N–H and O–H groups in total. The summed E-state index contributed by atoms with van der Waals surface area (Å²) in [5.74, 6) is 0.609. The number of amides is 1. The minimum Gasteiger partial charge on any atom is -0.482 e. The third kappa shape index (κ3) is 2.22. The number of hydrogen-bond acceptors (Lipinski definition) is 5. The molecule has 0 spiro atoms. The van der Waals surface area contributed by atoms with E-state index in [0.29, 0.717) is 23.7 Å². The summed E-state index contributed by atoms with van der Waals surface area (Å²) >= 11 is 1.61. The van der Waals surface area contributed by atoms with Gasteiger partial charge in [-0.15, -0.1) is 11.3 Å². The molecule has 1 aromatic heterocycles. The van der Waals surface area contributed by atoms with Crippen LogP contribution in [0.2, 0.25) is 0 Å². The molecule has 0 aliphatic carbocycles. The monoisotopic (exact) mass is 289 g/mol. The maximum absolute atomic E-state index is 12.1. The molecule has 1 aliphatic heterocycles. The van der Waals surface area contributed by atoms with Crippen molar-refractivity contribution >= 4 is 28.6 Å². The summed E-state index contributed by atoms with van der Waals surface area (Å²) in [4.78, 5) is 19.4. The van der Waals surface area contributed by atoms with Crippen LogP contribution >= 0.6 is 11.3 Å². The van der Waals surface area contributed by atoms with Crippen molar-refractivity contribution in [1.82, 2.24) is 4.98 Å². The molecule has 0 saturated heterocycles. The number of benzene rings is 1. The summed E-state index contributed by atoms with van der Waals surface area (Å²) in [6.07, 6.45) is 0. The first-order valence-corrected chi connectivity index (χ1v) is 7.12. The number of anilines is 2. The molecule has 0 atom stereocenters. The van der Waals surface area contributed by atoms with Crippen LogP contribution in [0.1, 0.15) is 15.6 Å². The normalized spacial score (nSPS) is 14.1. The number of carbonyl (C=O) groups is 1. The Balaban J connectivity index is 1.96. The number of ether oxygens (including phenoxy) is 1. The van der Waals surface area contributed by atoms with E-state index in [1.807, 2.05) is 13.8 Å². The molecule has 5 nitrogen and oxygen atoms in total. The van der Waals surface area contributed by atoms with E-state index in [-0.39, 0.29) is 12.5 Å². The van der Waals surface area contributed by atoms with Gasteiger partial charge in [-0.25, -0.2) is 4.98 Å². The van der Waals surface area contributed by atoms with Crippen LogP contribution in [0.5, 0.6) is 5.75 Å². The number of nitrogens with zero attached hydrogens (tertiary/aromatic N) is 2. The van der Waals surface area contributed by atoms with E-state index in [4.69, 9.17) is 10.5 Å². The Morgan fingerprint density at radius 3 is 2.95 bits per heavy atom. The van der Waals surface area contributed by atoms with Crippen molar-refractivity contribution in [2.45, 2.75) is 20.4 Å². The number of nitrogens with two attached hydrogens (primary N) is 1. The molecule has 0 fully saturated rings. The summed E-state index contributed by atoms with van der Waals surface area (Å²) in [7, 11) is 0. The molecule has 0 unspecified atom stereocenters. The molecule has 1 aromatic carbocycles. The number of fused-ring (bicyclic) bond motifs is 1. The molecule has 6 heteroatoms. The van der Waals surface area contributed by atoms with Crippen LogP contribution in [0.3, 0.4) is 0 Å². The van der Waals surface area contributed by atoms with Crippen LogP contribution in [0.15, 0.2) is 18.2 Å². The Morgan fingerprint density at radius 1 is 1.45 bits per heavy atom. The molecule has 0 bridgehead atoms. The minimum absolute atomic E-state index is 0.0558. The van der Waals surface area contributed by atoms with E-state index in [1.54, 1.807) is 34.4 Å². The predicted molar refractivity (Wildman–Crippen MR) is 79.1 cm³/mol. The van der Waals surface area contributed by atoms with Gasteiger partial charge < -0.3 is 10.5 Å². The second kappa shape index (κ2) is 4.79. The number of hydrogen-bond donors (Lipinski definition) is 1. The molecule has 104 valence electrons. The quantitative estimate of drug-likeness (QED) is 0.861. The van der Waals surface area contributed by atoms with Crippen molar-refractivity contribution in [3.8, 4) is 5.75 Å². The first-order chi connectivity index (χ1) is 9.54. The lowest BCUT2D eigenvalue weighted by Gasteiger charge is -2.28. The van der Waals surface area contributed by atoms with Gasteiger partial charge in [-0.1, -0.05) is 0 Å². The van der Waals surface area contributed by atoms with Crippen molar-refractivity contribution in [3.63, 3.8) is 0 Å². The molecule has 2 heterocycles. The molecular formula is C14H15N3O2S. The third-order valence-corrected chi connectivity index (χ3v) is 4.35. The summed E-state index contributed by atoms with van der Waals surface area (Å²) in [6, 6.07) is 5.33. The zero-order valence-corrected chi connectivity index (χ0v) is 12.2. The second-order valence-electron chi connectivity index (χ2n) is 4.74. The van der Waals surface area contributed by atoms with Gasteiger partial charge in [0.05, 0.1) is 17.9 Å². The van der Waals surface area contributed by atoms with Crippen molar-refractivity contribution in [2.75, 3.05) is 17.2 Å². The van der Waals surface area contributed by atoms with E-state index in [1.165, 1.54) is 4.88 Å². The Morgan fingerprint density at radius 2 is 2.25 bits per heavy atom. The van der Waals surface area contributed by atoms with Crippen molar-refractivity contribution < 1.29 is 9.53 Å². The van der Waals surface area contributed by atoms with Crippen LogP contribution in [0, 0.1) is 13.8 Å². The summed E-state index contributed by atoms with van der Waals surface area (Å²) < 4.78 is 5.42. The Bertz CT molecular complexity index is 662. The van der Waals surface area contributed by atoms with Gasteiger partial charge in [0.2, 0.25) is 0 Å². The van der Waals surface area contributed by atoms with Crippen molar-refractivity contribution in [3.05, 3.63) is 33.8 Å². The molecular weight excluding hydrogens is 274 g/mol. The predicted octanol–water partition coefficient (Wildman–Crippen LogP) is 2.27. The number of nitrogen functional groups attached to an aromatic ring is 1. The van der Waals surface area contributed by atoms with Gasteiger partial charge in [0.25, 0.3) is 5.91 Å². The maximum atomic E-state index is 12.1. The highest BCUT2D eigenvalue weighted by atomic mass is 32.1. The zero-order chi connectivity index (χ0) is 14.3. The van der Waals surface area contributed by atoms with E-state index in [2.05, 4.69) is 4.98 Å². The summed E-state index contributed by atoms with van der Waals surface area (Å²) in [5.41, 5.74) is 8.14. The molecule has 1 amide bonds. The Labute approximate surface area is 121 Å². The fraction of sp³-hybridized carbons (Fsp3) is 0.286. The van der Waals surface area contributed by atoms with Crippen molar-refractivity contribution in [1.29, 1.82) is 0 Å². The Hall–Kier alpha value is -2.08. The van der Waals surface area contributed by atoms with Gasteiger partial charge in [-0.05, 0) is 32.0 Å². The van der Waals surface area contributed by atoms with Gasteiger partial charge in [0.15, 0.2) is 6.61 Å². The fourth-order valence-corrected chi connectivity index (χ4v) is 3.06. The van der Waals surface area contributed by atoms with E-state index >= 15 is 0 Å². The van der Waals surface area contributed by atoms with Gasteiger partial charge in [-0.3, -0.25) is 9.69 Å². The first-order valence-electron chi connectivity index (χ1n) is 6.30. The lowest BCUT2D eigenvalue weighted by molar-refractivity contribution is -0.121. The largest absolute Gasteiger partial charge is 0.482 e. The molecule has 3 rings (SSSR count). The van der Waals surface area contributed by atoms with Gasteiger partial charge in [0, 0.05) is 10.6 Å². The van der Waals surface area contributed by atoms with Crippen LogP contribution in [0.4, 0.5) is 11.4 Å². The highest BCUT2D eigenvalue weighted by Gasteiger charge is 2.26. The number of aryl methyl sites for hydroxylation is 2. The summed E-state index contributed by atoms with van der Waals surface area (Å²) in [5, 5.41) is 0.920. The Kier molecular flexibility index (Phi) is 3.10. The van der Waals surface area contributed by atoms with Crippen LogP contribution < -0.4 is 15.4 Å². The smallest absolute Gasteiger partial charge is 0.265 e. The molecule has 0 radical (unpaired) electrons. The number of aromatic nitrogens is 1. The van der Waals surface area contributed by atoms with Gasteiger partial charge in [0.1, 0.15) is 10.8 Å². The van der Waals surface area contributed by atoms with Crippen LogP contribution in [-0.2, 0) is 11.3 Å². The lowest BCUT2D eigenvalue weighted by Crippen LogP contribution is -2.38. The van der Waals surface area contributed by atoms with Crippen LogP contribution in [-0.4, -0.2) is 17.5 Å². The van der Waals surface area contributed by atoms with Gasteiger partial charge >= 0.3 is 0 Å². The SMILES string of the molecule is Cc1nc(CN2C(=O)COc3ccc(N)cc32)sc1C. The van der Waals surface area contributed by atoms with Crippen LogP contribution in [0.25, 0.3) is 0 Å². The second-order valence-corrected chi connectivity index (χ2v) is 6.03. The first kappa shape index (κ1) is 12.9. The zero-order valence-electron chi connectivity index (χ0n) is 11.3. The van der Waals surface area contributed by atoms with E-state index < -0.39 is 0 Å². The maximum Gasteiger partial charge on any atom is 0.265 e. The number of carbonyl (C=O) groups excluding carboxylic acids is 1. The fourth-order valence-electron chi connectivity index (χ4n) is 2.13. The van der Waals surface area contributed by atoms with E-state index in [0.717, 1.165) is 10.7 Å². The summed E-state index contributed by atoms with van der Waals surface area (Å²) in [6.45, 7) is 4.52. The average Bonchev–Trinajstić information content (AvgIpc) is 2.72. The highest BCUT2D eigenvalue weighted by Crippen LogP contribution is 2.35. The topological polar surface area (TPSA) is 68.5 Å². The van der Waals surface area contributed by atoms with Gasteiger partial charge in [-0.2, -0.15) is 0 Å². The molecule has 1 aliphatic rings. The standard InChI is InChI=1S/C14H15N3O2S/c1-8-9(2)20-13(16-8)6-17-11-5-10(15)3-4-12(11)19-7-14(17)18/h3-5H,6-7,15H2,1-2H3.